The van der Waals surface area contributed by atoms with Crippen molar-refractivity contribution >= 4 is 41.7 Å². The molecule has 0 bridgehead atoms. The van der Waals surface area contributed by atoms with Crippen molar-refractivity contribution < 1.29 is 47.8 Å². The van der Waals surface area contributed by atoms with Crippen molar-refractivity contribution in [3.8, 4) is 0 Å². The van der Waals surface area contributed by atoms with Crippen LogP contribution in [-0.2, 0) is 47.8 Å². The van der Waals surface area contributed by atoms with E-state index in [2.05, 4.69) is 21.3 Å². The fourth-order valence-corrected chi connectivity index (χ4v) is 4.58. The summed E-state index contributed by atoms with van der Waals surface area (Å²) in [7, 11) is 0. The molecule has 1 aliphatic heterocycles. The molecule has 1 aliphatic rings. The smallest absolute Gasteiger partial charge is 0.242 e. The fourth-order valence-electron chi connectivity index (χ4n) is 4.58. The highest BCUT2D eigenvalue weighted by atomic mass is 16.5. The van der Waals surface area contributed by atoms with Gasteiger partial charge in [-0.1, -0.05) is 34.6 Å². The van der Waals surface area contributed by atoms with E-state index >= 15 is 0 Å². The van der Waals surface area contributed by atoms with Gasteiger partial charge in [-0.25, -0.2) is 0 Å². The Balaban J connectivity index is 2.31. The van der Waals surface area contributed by atoms with Crippen LogP contribution in [0.25, 0.3) is 0 Å². The molecule has 0 saturated carbocycles. The van der Waals surface area contributed by atoms with Crippen LogP contribution in [-0.4, -0.2) is 118 Å². The van der Waals surface area contributed by atoms with Crippen molar-refractivity contribution in [3.63, 3.8) is 0 Å². The number of likely N-dealkylation sites (tertiary alicyclic amines) is 1. The Kier molecular flexibility index (Phi) is 21.1. The van der Waals surface area contributed by atoms with Crippen LogP contribution in [0.15, 0.2) is 0 Å². The highest BCUT2D eigenvalue weighted by Gasteiger charge is 2.35. The monoisotopic (exact) mass is 683 g/mol. The molecular weight excluding hydrogens is 626 g/mol. The molecule has 15 nitrogen and oxygen atoms in total. The van der Waals surface area contributed by atoms with Gasteiger partial charge in [0.05, 0.1) is 39.6 Å². The third-order valence-corrected chi connectivity index (χ3v) is 7.49. The molecule has 0 radical (unpaired) electrons. The zero-order chi connectivity index (χ0) is 36.0. The SMILES string of the molecule is CCCNC(=O)CCC(NC(=O)CCOCCOCCNC(=O)CCN1C(=O)CC(C)C1=O)C(=O)NCC(C)COCC(C)(C)CC=O. The van der Waals surface area contributed by atoms with Gasteiger partial charge in [0.2, 0.25) is 35.4 Å². The summed E-state index contributed by atoms with van der Waals surface area (Å²) >= 11 is 0. The summed E-state index contributed by atoms with van der Waals surface area (Å²) in [4.78, 5) is 85.3. The minimum atomic E-state index is -0.900. The molecule has 0 aromatic rings. The van der Waals surface area contributed by atoms with Gasteiger partial charge in [-0.05, 0) is 24.2 Å². The first-order chi connectivity index (χ1) is 22.8. The van der Waals surface area contributed by atoms with E-state index in [9.17, 15) is 33.6 Å². The van der Waals surface area contributed by atoms with Crippen molar-refractivity contribution in [2.45, 2.75) is 85.6 Å². The number of nitrogens with one attached hydrogen (secondary N) is 4. The summed E-state index contributed by atoms with van der Waals surface area (Å²) < 4.78 is 16.6. The van der Waals surface area contributed by atoms with Gasteiger partial charge in [-0.3, -0.25) is 33.7 Å². The number of aldehydes is 1. The molecule has 1 rings (SSSR count). The topological polar surface area (TPSA) is 199 Å². The van der Waals surface area contributed by atoms with Crippen molar-refractivity contribution in [1.29, 1.82) is 0 Å². The van der Waals surface area contributed by atoms with Gasteiger partial charge in [0, 0.05) is 64.2 Å². The second kappa shape index (κ2) is 23.8. The predicted octanol–water partition coefficient (Wildman–Crippen LogP) is 0.486. The standard InChI is InChI=1S/C33H57N5O10/c1-6-12-34-27(40)8-7-26(31(44)36-21-24(2)22-48-23-33(4,5)11-15-39)37-29(42)10-16-46-18-19-47-17-13-35-28(41)9-14-38-30(43)20-25(3)32(38)45/h15,24-26H,6-14,16-23H2,1-5H3,(H,34,40)(H,35,41)(H,36,44)(H,37,42). The normalized spacial score (nSPS) is 15.9. The average Bonchev–Trinajstić information content (AvgIpc) is 3.27. The Morgan fingerprint density at radius 2 is 1.58 bits per heavy atom. The molecule has 6 amide bonds. The molecule has 48 heavy (non-hydrogen) atoms. The Morgan fingerprint density at radius 3 is 2.23 bits per heavy atom. The number of ether oxygens (including phenoxy) is 3. The van der Waals surface area contributed by atoms with E-state index in [1.54, 1.807) is 6.92 Å². The number of hydrogen-bond acceptors (Lipinski definition) is 10. The van der Waals surface area contributed by atoms with Gasteiger partial charge in [0.15, 0.2) is 0 Å². The highest BCUT2D eigenvalue weighted by molar-refractivity contribution is 6.03. The van der Waals surface area contributed by atoms with E-state index in [1.807, 2.05) is 27.7 Å². The Morgan fingerprint density at radius 1 is 0.917 bits per heavy atom. The molecule has 3 unspecified atom stereocenters. The number of amides is 6. The van der Waals surface area contributed by atoms with Crippen molar-refractivity contribution in [2.24, 2.45) is 17.3 Å². The lowest BCUT2D eigenvalue weighted by Gasteiger charge is -2.23. The summed E-state index contributed by atoms with van der Waals surface area (Å²) in [5, 5.41) is 11.0. The zero-order valence-corrected chi connectivity index (χ0v) is 29.4. The van der Waals surface area contributed by atoms with Crippen LogP contribution in [0, 0.1) is 17.3 Å². The van der Waals surface area contributed by atoms with Gasteiger partial charge in [-0.2, -0.15) is 0 Å². The molecule has 0 aromatic carbocycles. The number of hydrogen-bond donors (Lipinski definition) is 4. The third kappa shape index (κ3) is 18.8. The van der Waals surface area contributed by atoms with Crippen molar-refractivity contribution in [1.82, 2.24) is 26.2 Å². The van der Waals surface area contributed by atoms with E-state index in [0.29, 0.717) is 32.7 Å². The molecule has 15 heteroatoms. The van der Waals surface area contributed by atoms with Gasteiger partial charge >= 0.3 is 0 Å². The Hall–Kier alpha value is -3.43. The number of carbonyl (C=O) groups is 7. The molecule has 0 aromatic heterocycles. The summed E-state index contributed by atoms with van der Waals surface area (Å²) in [6, 6.07) is -0.900. The molecule has 274 valence electrons. The lowest BCUT2D eigenvalue weighted by atomic mass is 9.91. The van der Waals surface area contributed by atoms with E-state index in [-0.39, 0.29) is 113 Å². The molecule has 1 fully saturated rings. The van der Waals surface area contributed by atoms with Gasteiger partial charge < -0.3 is 40.3 Å². The van der Waals surface area contributed by atoms with Crippen molar-refractivity contribution in [3.05, 3.63) is 0 Å². The summed E-state index contributed by atoms with van der Waals surface area (Å²) in [6.45, 7) is 12.2. The molecular formula is C33H57N5O10. The first kappa shape index (κ1) is 42.6. The first-order valence-corrected chi connectivity index (χ1v) is 16.9. The van der Waals surface area contributed by atoms with Crippen LogP contribution in [0.2, 0.25) is 0 Å². The third-order valence-electron chi connectivity index (χ3n) is 7.49. The van der Waals surface area contributed by atoms with E-state index in [0.717, 1.165) is 17.6 Å². The minimum Gasteiger partial charge on any atom is -0.381 e. The molecule has 1 heterocycles. The van der Waals surface area contributed by atoms with Gasteiger partial charge in [0.1, 0.15) is 12.3 Å². The van der Waals surface area contributed by atoms with Crippen LogP contribution in [0.4, 0.5) is 0 Å². The largest absolute Gasteiger partial charge is 0.381 e. The summed E-state index contributed by atoms with van der Waals surface area (Å²) in [5.41, 5.74) is -0.268. The van der Waals surface area contributed by atoms with Crippen LogP contribution in [0.3, 0.4) is 0 Å². The summed E-state index contributed by atoms with van der Waals surface area (Å²) in [6.07, 6.45) is 2.47. The Bertz CT molecular complexity index is 1050. The molecule has 0 aliphatic carbocycles. The van der Waals surface area contributed by atoms with Crippen LogP contribution in [0.1, 0.15) is 79.6 Å². The fraction of sp³-hybridized carbons (Fsp3) is 0.788. The first-order valence-electron chi connectivity index (χ1n) is 16.9. The zero-order valence-electron chi connectivity index (χ0n) is 29.4. The van der Waals surface area contributed by atoms with Crippen molar-refractivity contribution in [2.75, 3.05) is 65.8 Å². The molecule has 3 atom stereocenters. The van der Waals surface area contributed by atoms with Crippen LogP contribution in [0.5, 0.6) is 0 Å². The molecule has 4 N–H and O–H groups in total. The number of nitrogens with zero attached hydrogens (tertiary/aromatic N) is 1. The van der Waals surface area contributed by atoms with Crippen LogP contribution < -0.4 is 21.3 Å². The quantitative estimate of drug-likeness (QED) is 0.0537. The maximum absolute atomic E-state index is 13.0. The lowest BCUT2D eigenvalue weighted by Crippen LogP contribution is -2.48. The van der Waals surface area contributed by atoms with Gasteiger partial charge in [-0.15, -0.1) is 0 Å². The predicted molar refractivity (Wildman–Crippen MR) is 176 cm³/mol. The molecule has 1 saturated heterocycles. The Labute approximate surface area is 284 Å². The van der Waals surface area contributed by atoms with E-state index in [1.165, 1.54) is 0 Å². The maximum Gasteiger partial charge on any atom is 0.242 e. The summed E-state index contributed by atoms with van der Waals surface area (Å²) in [5.74, 6) is -2.13. The average molecular weight is 684 g/mol. The van der Waals surface area contributed by atoms with E-state index < -0.39 is 17.9 Å². The molecule has 0 spiro atoms. The maximum atomic E-state index is 13.0. The van der Waals surface area contributed by atoms with E-state index in [4.69, 9.17) is 14.2 Å². The number of imide groups is 1. The highest BCUT2D eigenvalue weighted by Crippen LogP contribution is 2.19. The number of rotatable bonds is 27. The second-order valence-corrected chi connectivity index (χ2v) is 13.0. The number of carbonyl (C=O) groups excluding carboxylic acids is 7. The van der Waals surface area contributed by atoms with Crippen LogP contribution >= 0.6 is 0 Å². The minimum absolute atomic E-state index is 0.00346. The van der Waals surface area contributed by atoms with Gasteiger partial charge in [0.25, 0.3) is 0 Å². The second-order valence-electron chi connectivity index (χ2n) is 13.0. The lowest BCUT2D eigenvalue weighted by molar-refractivity contribution is -0.139.